The molecule has 116 valence electrons. The second kappa shape index (κ2) is 5.55. The predicted octanol–water partition coefficient (Wildman–Crippen LogP) is 2.07. The van der Waals surface area contributed by atoms with Crippen LogP contribution >= 0.6 is 0 Å². The molecule has 2 heterocycles. The van der Waals surface area contributed by atoms with Gasteiger partial charge in [-0.3, -0.25) is 19.3 Å². The number of amides is 3. The highest BCUT2D eigenvalue weighted by atomic mass is 16.2. The summed E-state index contributed by atoms with van der Waals surface area (Å²) in [6.45, 7) is 3.88. The Kier molecular flexibility index (Phi) is 3.72. The summed E-state index contributed by atoms with van der Waals surface area (Å²) in [4.78, 5) is 40.1. The molecule has 2 aliphatic rings. The van der Waals surface area contributed by atoms with Crippen molar-refractivity contribution in [2.24, 2.45) is 0 Å². The van der Waals surface area contributed by atoms with Gasteiger partial charge in [0.2, 0.25) is 5.91 Å². The van der Waals surface area contributed by atoms with Crippen LogP contribution in [0.3, 0.4) is 0 Å². The lowest BCUT2D eigenvalue weighted by molar-refractivity contribution is -0.137. The van der Waals surface area contributed by atoms with E-state index in [-0.39, 0.29) is 36.3 Å². The van der Waals surface area contributed by atoms with Crippen molar-refractivity contribution in [3.8, 4) is 0 Å². The number of piperidine rings is 1. The lowest BCUT2D eigenvalue weighted by Gasteiger charge is -2.39. The van der Waals surface area contributed by atoms with Crippen LogP contribution in [0.5, 0.6) is 0 Å². The molecule has 3 amide bonds. The molecule has 2 unspecified atom stereocenters. The van der Waals surface area contributed by atoms with Crippen LogP contribution in [0.4, 0.5) is 0 Å². The number of hydrogen-bond donors (Lipinski definition) is 0. The van der Waals surface area contributed by atoms with Gasteiger partial charge in [-0.25, -0.2) is 0 Å². The molecule has 0 bridgehead atoms. The number of nitrogens with zero attached hydrogens (tertiary/aromatic N) is 2. The molecule has 5 heteroatoms. The number of imide groups is 1. The van der Waals surface area contributed by atoms with E-state index in [0.717, 1.165) is 24.2 Å². The van der Waals surface area contributed by atoms with E-state index in [4.69, 9.17) is 0 Å². The Labute approximate surface area is 129 Å². The van der Waals surface area contributed by atoms with Gasteiger partial charge in [0.05, 0.1) is 11.1 Å². The fourth-order valence-corrected chi connectivity index (χ4v) is 3.51. The van der Waals surface area contributed by atoms with Crippen LogP contribution in [0.25, 0.3) is 0 Å². The van der Waals surface area contributed by atoms with Crippen molar-refractivity contribution >= 4 is 17.7 Å². The zero-order valence-corrected chi connectivity index (χ0v) is 12.9. The topological polar surface area (TPSA) is 57.7 Å². The van der Waals surface area contributed by atoms with Gasteiger partial charge < -0.3 is 4.90 Å². The Morgan fingerprint density at radius 1 is 1.05 bits per heavy atom. The molecule has 0 aliphatic carbocycles. The average molecular weight is 300 g/mol. The first-order valence-corrected chi connectivity index (χ1v) is 7.77. The first-order chi connectivity index (χ1) is 10.5. The van der Waals surface area contributed by atoms with Crippen molar-refractivity contribution < 1.29 is 14.4 Å². The maximum absolute atomic E-state index is 12.6. The minimum Gasteiger partial charge on any atom is -0.336 e. The number of rotatable bonds is 2. The molecule has 2 atom stereocenters. The second-order valence-electron chi connectivity index (χ2n) is 6.17. The number of carbonyl (C=O) groups excluding carboxylic acids is 3. The largest absolute Gasteiger partial charge is 0.336 e. The van der Waals surface area contributed by atoms with E-state index in [2.05, 4.69) is 0 Å². The molecule has 1 aromatic carbocycles. The van der Waals surface area contributed by atoms with Crippen LogP contribution in [0.2, 0.25) is 0 Å². The van der Waals surface area contributed by atoms with Gasteiger partial charge >= 0.3 is 0 Å². The Hall–Kier alpha value is -2.17. The van der Waals surface area contributed by atoms with Crippen LogP contribution < -0.4 is 0 Å². The maximum Gasteiger partial charge on any atom is 0.262 e. The molecule has 2 aliphatic heterocycles. The van der Waals surface area contributed by atoms with E-state index in [1.54, 1.807) is 24.3 Å². The van der Waals surface area contributed by atoms with Crippen LogP contribution in [-0.2, 0) is 4.79 Å². The zero-order valence-electron chi connectivity index (χ0n) is 12.9. The van der Waals surface area contributed by atoms with Crippen LogP contribution in [0.1, 0.15) is 53.8 Å². The molecule has 1 saturated heterocycles. The molecule has 5 nitrogen and oxygen atoms in total. The smallest absolute Gasteiger partial charge is 0.262 e. The molecule has 0 radical (unpaired) electrons. The normalized spacial score (nSPS) is 24.6. The molecule has 0 aromatic heterocycles. The highest BCUT2D eigenvalue weighted by Crippen LogP contribution is 2.25. The van der Waals surface area contributed by atoms with Gasteiger partial charge in [0.1, 0.15) is 6.54 Å². The first-order valence-electron chi connectivity index (χ1n) is 7.77. The predicted molar refractivity (Wildman–Crippen MR) is 81.4 cm³/mol. The van der Waals surface area contributed by atoms with E-state index < -0.39 is 0 Å². The summed E-state index contributed by atoms with van der Waals surface area (Å²) in [7, 11) is 0. The standard InChI is InChI=1S/C17H20N2O3/c1-11-6-5-7-12(2)19(11)15(20)10-18-16(21)13-8-3-4-9-14(13)17(18)22/h3-4,8-9,11-12H,5-7,10H2,1-2H3. The second-order valence-corrected chi connectivity index (χ2v) is 6.17. The lowest BCUT2D eigenvalue weighted by atomic mass is 9.97. The maximum atomic E-state index is 12.6. The summed E-state index contributed by atoms with van der Waals surface area (Å²) < 4.78 is 0. The Balaban J connectivity index is 1.78. The van der Waals surface area contributed by atoms with Crippen molar-refractivity contribution in [1.82, 2.24) is 9.80 Å². The third-order valence-electron chi connectivity index (χ3n) is 4.65. The third-order valence-corrected chi connectivity index (χ3v) is 4.65. The number of benzene rings is 1. The molecular formula is C17H20N2O3. The quantitative estimate of drug-likeness (QED) is 0.786. The van der Waals surface area contributed by atoms with Crippen molar-refractivity contribution in [2.45, 2.75) is 45.2 Å². The molecular weight excluding hydrogens is 280 g/mol. The van der Waals surface area contributed by atoms with Gasteiger partial charge in [-0.1, -0.05) is 12.1 Å². The van der Waals surface area contributed by atoms with Gasteiger partial charge in [0.25, 0.3) is 11.8 Å². The summed E-state index contributed by atoms with van der Waals surface area (Å²) in [5.74, 6) is -0.883. The zero-order chi connectivity index (χ0) is 15.9. The van der Waals surface area contributed by atoms with Gasteiger partial charge in [-0.05, 0) is 45.2 Å². The van der Waals surface area contributed by atoms with Crippen LogP contribution in [0.15, 0.2) is 24.3 Å². The van der Waals surface area contributed by atoms with E-state index in [1.165, 1.54) is 0 Å². The molecule has 1 fully saturated rings. The monoisotopic (exact) mass is 300 g/mol. The molecule has 1 aromatic rings. The highest BCUT2D eigenvalue weighted by Gasteiger charge is 2.38. The fourth-order valence-electron chi connectivity index (χ4n) is 3.51. The van der Waals surface area contributed by atoms with Crippen molar-refractivity contribution in [3.63, 3.8) is 0 Å². The minimum atomic E-state index is -0.369. The Morgan fingerprint density at radius 2 is 1.55 bits per heavy atom. The van der Waals surface area contributed by atoms with Gasteiger partial charge in [0, 0.05) is 12.1 Å². The van der Waals surface area contributed by atoms with Crippen molar-refractivity contribution in [1.29, 1.82) is 0 Å². The molecule has 0 spiro atoms. The number of fused-ring (bicyclic) bond motifs is 1. The minimum absolute atomic E-state index is 0.144. The Bertz CT molecular complexity index is 596. The summed E-state index contributed by atoms with van der Waals surface area (Å²) in [6.07, 6.45) is 3.05. The van der Waals surface area contributed by atoms with E-state index in [9.17, 15) is 14.4 Å². The lowest BCUT2D eigenvalue weighted by Crippen LogP contribution is -2.51. The fraction of sp³-hybridized carbons (Fsp3) is 0.471. The summed E-state index contributed by atoms with van der Waals surface area (Å²) in [6, 6.07) is 7.03. The first kappa shape index (κ1) is 14.8. The van der Waals surface area contributed by atoms with Crippen molar-refractivity contribution in [2.75, 3.05) is 6.54 Å². The highest BCUT2D eigenvalue weighted by molar-refractivity contribution is 6.22. The molecule has 22 heavy (non-hydrogen) atoms. The van der Waals surface area contributed by atoms with Gasteiger partial charge in [0.15, 0.2) is 0 Å². The molecule has 0 saturated carbocycles. The number of carbonyl (C=O) groups is 3. The number of hydrogen-bond acceptors (Lipinski definition) is 3. The summed E-state index contributed by atoms with van der Waals surface area (Å²) >= 11 is 0. The average Bonchev–Trinajstić information content (AvgIpc) is 2.73. The van der Waals surface area contributed by atoms with E-state index in [1.807, 2.05) is 18.7 Å². The van der Waals surface area contributed by atoms with E-state index in [0.29, 0.717) is 11.1 Å². The SMILES string of the molecule is CC1CCCC(C)N1C(=O)CN1C(=O)c2ccccc2C1=O. The summed E-state index contributed by atoms with van der Waals surface area (Å²) in [5.41, 5.74) is 0.778. The van der Waals surface area contributed by atoms with Crippen molar-refractivity contribution in [3.05, 3.63) is 35.4 Å². The van der Waals surface area contributed by atoms with Crippen LogP contribution in [0, 0.1) is 0 Å². The molecule has 0 N–H and O–H groups in total. The third kappa shape index (κ3) is 2.30. The molecule has 3 rings (SSSR count). The Morgan fingerprint density at radius 3 is 2.05 bits per heavy atom. The van der Waals surface area contributed by atoms with Gasteiger partial charge in [-0.2, -0.15) is 0 Å². The van der Waals surface area contributed by atoms with Gasteiger partial charge in [-0.15, -0.1) is 0 Å². The van der Waals surface area contributed by atoms with Crippen LogP contribution in [-0.4, -0.2) is 46.1 Å². The summed E-state index contributed by atoms with van der Waals surface area (Å²) in [5, 5.41) is 0. The number of likely N-dealkylation sites (tertiary alicyclic amines) is 1. The van der Waals surface area contributed by atoms with E-state index >= 15 is 0 Å².